The molecular weight excluding hydrogens is 412 g/mol. The molecule has 0 bridgehead atoms. The highest BCUT2D eigenvalue weighted by Crippen LogP contribution is 2.23. The molecule has 2 aromatic carbocycles. The minimum atomic E-state index is -0.176. The van der Waals surface area contributed by atoms with Crippen LogP contribution in [0.5, 0.6) is 0 Å². The Bertz CT molecular complexity index is 844. The third-order valence-electron chi connectivity index (χ3n) is 5.63. The molecule has 31 heavy (non-hydrogen) atoms. The van der Waals surface area contributed by atoms with Gasteiger partial charge in [-0.05, 0) is 41.8 Å². The Kier molecular flexibility index (Phi) is 8.72. The summed E-state index contributed by atoms with van der Waals surface area (Å²) in [6, 6.07) is 16.5. The number of rotatable bonds is 10. The largest absolute Gasteiger partial charge is 0.383 e. The molecule has 1 fully saturated rings. The van der Waals surface area contributed by atoms with Crippen molar-refractivity contribution in [2.24, 2.45) is 0 Å². The van der Waals surface area contributed by atoms with Gasteiger partial charge in [-0.25, -0.2) is 0 Å². The lowest BCUT2D eigenvalue weighted by atomic mass is 10.1. The molecule has 0 aliphatic carbocycles. The van der Waals surface area contributed by atoms with Crippen molar-refractivity contribution >= 4 is 23.2 Å². The third kappa shape index (κ3) is 6.94. The molecule has 0 saturated carbocycles. The molecule has 1 aliphatic heterocycles. The molecule has 6 nitrogen and oxygen atoms in total. The number of amides is 1. The van der Waals surface area contributed by atoms with Crippen LogP contribution < -0.4 is 15.5 Å². The van der Waals surface area contributed by atoms with Crippen LogP contribution in [0, 0.1) is 0 Å². The highest BCUT2D eigenvalue weighted by atomic mass is 35.5. The van der Waals surface area contributed by atoms with Crippen LogP contribution in [0.25, 0.3) is 0 Å². The van der Waals surface area contributed by atoms with Gasteiger partial charge in [0.05, 0.1) is 12.6 Å². The molecule has 3 rings (SSSR count). The number of benzene rings is 2. The van der Waals surface area contributed by atoms with E-state index in [9.17, 15) is 4.79 Å². The van der Waals surface area contributed by atoms with Crippen LogP contribution in [0.2, 0.25) is 5.02 Å². The number of anilines is 1. The normalized spacial score (nSPS) is 18.8. The second-order valence-electron chi connectivity index (χ2n) is 8.23. The van der Waals surface area contributed by atoms with E-state index in [1.165, 1.54) is 11.3 Å². The molecule has 7 heteroatoms. The summed E-state index contributed by atoms with van der Waals surface area (Å²) in [6.07, 6.45) is 0.773. The zero-order chi connectivity index (χ0) is 22.2. The quantitative estimate of drug-likeness (QED) is 0.552. The van der Waals surface area contributed by atoms with Gasteiger partial charge in [0.1, 0.15) is 0 Å². The first-order chi connectivity index (χ1) is 15.0. The lowest BCUT2D eigenvalue weighted by Gasteiger charge is -2.23. The van der Waals surface area contributed by atoms with E-state index in [2.05, 4.69) is 50.8 Å². The number of hydrogen-bond acceptors (Lipinski definition) is 5. The molecule has 2 aromatic rings. The number of carbonyl (C=O) groups is 1. The molecule has 1 heterocycles. The van der Waals surface area contributed by atoms with Crippen molar-refractivity contribution in [2.75, 3.05) is 45.8 Å². The minimum absolute atomic E-state index is 0.0544. The summed E-state index contributed by atoms with van der Waals surface area (Å²) < 4.78 is 5.06. The van der Waals surface area contributed by atoms with E-state index in [4.69, 9.17) is 16.3 Å². The summed E-state index contributed by atoms with van der Waals surface area (Å²) in [5.74, 6) is 0.0544. The van der Waals surface area contributed by atoms with E-state index in [1.54, 1.807) is 7.11 Å². The Labute approximate surface area is 190 Å². The first kappa shape index (κ1) is 23.5. The summed E-state index contributed by atoms with van der Waals surface area (Å²) in [4.78, 5) is 17.2. The molecule has 1 amide bonds. The van der Waals surface area contributed by atoms with Gasteiger partial charge in [0.2, 0.25) is 5.91 Å². The fourth-order valence-corrected chi connectivity index (χ4v) is 4.15. The maximum atomic E-state index is 12.8. The van der Waals surface area contributed by atoms with Crippen LogP contribution in [0.3, 0.4) is 0 Å². The standard InChI is InChI=1S/C24H33ClN4O2/c1-28(2)22-9-7-18(8-10-22)15-27-21-14-23(24(30)26-11-12-31-3)29(17-21)16-19-5-4-6-20(25)13-19/h4-10,13,21,23,27H,11-12,14-17H2,1-3H3,(H,26,30)/t21-,23+/m1/s1. The second kappa shape index (κ2) is 11.5. The maximum Gasteiger partial charge on any atom is 0.237 e. The number of hydrogen-bond donors (Lipinski definition) is 2. The first-order valence-electron chi connectivity index (χ1n) is 10.7. The molecule has 1 aliphatic rings. The number of nitrogens with one attached hydrogen (secondary N) is 2. The van der Waals surface area contributed by atoms with Gasteiger partial charge in [-0.3, -0.25) is 9.69 Å². The number of nitrogens with zero attached hydrogens (tertiary/aromatic N) is 2. The Morgan fingerprint density at radius 3 is 2.65 bits per heavy atom. The second-order valence-corrected chi connectivity index (χ2v) is 8.67. The molecule has 1 saturated heterocycles. The lowest BCUT2D eigenvalue weighted by Crippen LogP contribution is -2.43. The number of methoxy groups -OCH3 is 1. The van der Waals surface area contributed by atoms with Crippen LogP contribution in [0.1, 0.15) is 17.5 Å². The Hall–Kier alpha value is -2.12. The maximum absolute atomic E-state index is 12.8. The topological polar surface area (TPSA) is 56.8 Å². The van der Waals surface area contributed by atoms with E-state index in [0.29, 0.717) is 24.7 Å². The van der Waals surface area contributed by atoms with E-state index >= 15 is 0 Å². The average molecular weight is 445 g/mol. The van der Waals surface area contributed by atoms with Crippen LogP contribution in [-0.2, 0) is 22.6 Å². The Morgan fingerprint density at radius 2 is 1.97 bits per heavy atom. The van der Waals surface area contributed by atoms with E-state index in [1.807, 2.05) is 32.3 Å². The highest BCUT2D eigenvalue weighted by molar-refractivity contribution is 6.30. The van der Waals surface area contributed by atoms with Crippen LogP contribution in [-0.4, -0.2) is 63.8 Å². The van der Waals surface area contributed by atoms with Gasteiger partial charge >= 0.3 is 0 Å². The van der Waals surface area contributed by atoms with E-state index in [0.717, 1.165) is 25.1 Å². The third-order valence-corrected chi connectivity index (χ3v) is 5.87. The van der Waals surface area contributed by atoms with Gasteiger partial charge in [-0.15, -0.1) is 0 Å². The van der Waals surface area contributed by atoms with Crippen molar-refractivity contribution in [3.63, 3.8) is 0 Å². The van der Waals surface area contributed by atoms with Crippen molar-refractivity contribution in [2.45, 2.75) is 31.6 Å². The van der Waals surface area contributed by atoms with Crippen molar-refractivity contribution in [3.8, 4) is 0 Å². The monoisotopic (exact) mass is 444 g/mol. The lowest BCUT2D eigenvalue weighted by molar-refractivity contribution is -0.125. The first-order valence-corrected chi connectivity index (χ1v) is 11.1. The van der Waals surface area contributed by atoms with Crippen LogP contribution in [0.15, 0.2) is 48.5 Å². The van der Waals surface area contributed by atoms with Gasteiger partial charge in [0.15, 0.2) is 0 Å². The predicted molar refractivity (Wildman–Crippen MR) is 127 cm³/mol. The van der Waals surface area contributed by atoms with Crippen LogP contribution in [0.4, 0.5) is 5.69 Å². The molecular formula is C24H33ClN4O2. The summed E-state index contributed by atoms with van der Waals surface area (Å²) in [5.41, 5.74) is 3.53. The fourth-order valence-electron chi connectivity index (χ4n) is 3.94. The molecule has 0 radical (unpaired) electrons. The van der Waals surface area contributed by atoms with Crippen molar-refractivity contribution < 1.29 is 9.53 Å². The zero-order valence-corrected chi connectivity index (χ0v) is 19.4. The van der Waals surface area contributed by atoms with Crippen molar-refractivity contribution in [3.05, 3.63) is 64.7 Å². The molecule has 2 N–H and O–H groups in total. The number of ether oxygens (including phenoxy) is 1. The molecule has 0 aromatic heterocycles. The van der Waals surface area contributed by atoms with Gasteiger partial charge in [0.25, 0.3) is 0 Å². The van der Waals surface area contributed by atoms with E-state index < -0.39 is 0 Å². The SMILES string of the molecule is COCCNC(=O)[C@@H]1C[C@@H](NCc2ccc(N(C)C)cc2)CN1Cc1cccc(Cl)c1. The Balaban J connectivity index is 1.62. The molecule has 168 valence electrons. The minimum Gasteiger partial charge on any atom is -0.383 e. The van der Waals surface area contributed by atoms with Gasteiger partial charge in [-0.1, -0.05) is 35.9 Å². The molecule has 0 spiro atoms. The number of likely N-dealkylation sites (tertiary alicyclic amines) is 1. The molecule has 0 unspecified atom stereocenters. The number of carbonyl (C=O) groups excluding carboxylic acids is 1. The fraction of sp³-hybridized carbons (Fsp3) is 0.458. The summed E-state index contributed by atoms with van der Waals surface area (Å²) >= 11 is 6.16. The van der Waals surface area contributed by atoms with Crippen LogP contribution >= 0.6 is 11.6 Å². The zero-order valence-electron chi connectivity index (χ0n) is 18.6. The molecule has 2 atom stereocenters. The van der Waals surface area contributed by atoms with Gasteiger partial charge in [-0.2, -0.15) is 0 Å². The predicted octanol–water partition coefficient (Wildman–Crippen LogP) is 2.90. The van der Waals surface area contributed by atoms with Gasteiger partial charge < -0.3 is 20.3 Å². The van der Waals surface area contributed by atoms with E-state index in [-0.39, 0.29) is 18.0 Å². The average Bonchev–Trinajstić information content (AvgIpc) is 3.15. The summed E-state index contributed by atoms with van der Waals surface area (Å²) in [5, 5.41) is 7.36. The smallest absolute Gasteiger partial charge is 0.237 e. The Morgan fingerprint density at radius 1 is 1.19 bits per heavy atom. The van der Waals surface area contributed by atoms with Crippen molar-refractivity contribution in [1.82, 2.24) is 15.5 Å². The highest BCUT2D eigenvalue weighted by Gasteiger charge is 2.36. The summed E-state index contributed by atoms with van der Waals surface area (Å²) in [6.45, 7) is 3.31. The summed E-state index contributed by atoms with van der Waals surface area (Å²) in [7, 11) is 5.72. The van der Waals surface area contributed by atoms with Gasteiger partial charge in [0, 0.05) is 64.1 Å². The van der Waals surface area contributed by atoms with Crippen molar-refractivity contribution in [1.29, 1.82) is 0 Å². The number of halogens is 1.